The minimum absolute atomic E-state index is 0.0881. The molecule has 2 aromatic carbocycles. The number of benzene rings is 2. The number of β-amino-alcohol motifs (C(OH)–C–C–N with tert-alkyl or cyclic N) is 1. The summed E-state index contributed by atoms with van der Waals surface area (Å²) in [6.07, 6.45) is -0.669. The van der Waals surface area contributed by atoms with Crippen molar-refractivity contribution in [3.63, 3.8) is 0 Å². The van der Waals surface area contributed by atoms with Crippen LogP contribution in [-0.2, 0) is 10.0 Å². The number of ether oxygens (including phenoxy) is 1. The molecule has 6 nitrogen and oxygen atoms in total. The first-order valence-electron chi connectivity index (χ1n) is 8.81. The van der Waals surface area contributed by atoms with Gasteiger partial charge >= 0.3 is 0 Å². The molecule has 0 aliphatic rings. The smallest absolute Gasteiger partial charge is 0.261 e. The molecule has 0 saturated heterocycles. The topological polar surface area (TPSA) is 87.7 Å². The molecule has 0 spiro atoms. The van der Waals surface area contributed by atoms with Crippen LogP contribution in [0.1, 0.15) is 26.3 Å². The lowest BCUT2D eigenvalue weighted by Gasteiger charge is -2.23. The van der Waals surface area contributed by atoms with Crippen molar-refractivity contribution in [2.24, 2.45) is 0 Å². The zero-order chi connectivity index (χ0) is 20.1. The molecule has 0 radical (unpaired) electrons. The highest BCUT2D eigenvalue weighted by atomic mass is 32.2. The molecule has 2 aromatic rings. The number of aryl methyl sites for hydroxylation is 1. The van der Waals surface area contributed by atoms with E-state index in [0.717, 1.165) is 5.56 Å². The molecule has 148 valence electrons. The molecule has 1 atom stereocenters. The number of hydrogen-bond donors (Lipinski definition) is 3. The van der Waals surface area contributed by atoms with Gasteiger partial charge in [0.1, 0.15) is 18.5 Å². The van der Waals surface area contributed by atoms with Crippen molar-refractivity contribution in [2.75, 3.05) is 17.9 Å². The summed E-state index contributed by atoms with van der Waals surface area (Å²) in [5, 5.41) is 13.2. The molecule has 0 amide bonds. The summed E-state index contributed by atoms with van der Waals surface area (Å²) in [5.41, 5.74) is 1.30. The molecule has 0 fully saturated rings. The lowest BCUT2D eigenvalue weighted by Crippen LogP contribution is -2.42. The SMILES string of the molecule is Cc1ccc(S(=O)(=O)Nc2cccc(OCC(O)CNC(C)(C)C)c2)cc1. The molecule has 0 saturated carbocycles. The van der Waals surface area contributed by atoms with Gasteiger partial charge in [-0.1, -0.05) is 23.8 Å². The van der Waals surface area contributed by atoms with Crippen molar-refractivity contribution in [1.82, 2.24) is 5.32 Å². The largest absolute Gasteiger partial charge is 0.491 e. The number of aliphatic hydroxyl groups is 1. The fraction of sp³-hybridized carbons (Fsp3) is 0.400. The first kappa shape index (κ1) is 21.2. The van der Waals surface area contributed by atoms with E-state index in [1.807, 2.05) is 27.7 Å². The second kappa shape index (κ2) is 8.73. The van der Waals surface area contributed by atoms with Crippen molar-refractivity contribution >= 4 is 15.7 Å². The average molecular weight is 393 g/mol. The molecule has 7 heteroatoms. The van der Waals surface area contributed by atoms with Gasteiger partial charge in [0.15, 0.2) is 0 Å². The second-order valence-corrected chi connectivity index (χ2v) is 9.22. The van der Waals surface area contributed by atoms with E-state index in [2.05, 4.69) is 10.0 Å². The average Bonchev–Trinajstić information content (AvgIpc) is 2.58. The van der Waals surface area contributed by atoms with Crippen molar-refractivity contribution in [3.8, 4) is 5.75 Å². The summed E-state index contributed by atoms with van der Waals surface area (Å²) >= 11 is 0. The molecule has 0 aromatic heterocycles. The van der Waals surface area contributed by atoms with E-state index in [1.165, 1.54) is 0 Å². The van der Waals surface area contributed by atoms with Gasteiger partial charge in [-0.2, -0.15) is 0 Å². The third-order valence-corrected chi connectivity index (χ3v) is 5.13. The lowest BCUT2D eigenvalue weighted by atomic mass is 10.1. The van der Waals surface area contributed by atoms with Crippen molar-refractivity contribution in [1.29, 1.82) is 0 Å². The highest BCUT2D eigenvalue weighted by molar-refractivity contribution is 7.92. The Morgan fingerprint density at radius 3 is 2.41 bits per heavy atom. The quantitative estimate of drug-likeness (QED) is 0.643. The number of aliphatic hydroxyl groups excluding tert-OH is 1. The lowest BCUT2D eigenvalue weighted by molar-refractivity contribution is 0.100. The van der Waals surface area contributed by atoms with Gasteiger partial charge in [0, 0.05) is 18.2 Å². The molecule has 3 N–H and O–H groups in total. The molecule has 2 rings (SSSR count). The van der Waals surface area contributed by atoms with Crippen molar-refractivity contribution in [2.45, 2.75) is 44.2 Å². The predicted molar refractivity (Wildman–Crippen MR) is 108 cm³/mol. The Labute approximate surface area is 161 Å². The highest BCUT2D eigenvalue weighted by Crippen LogP contribution is 2.21. The standard InChI is InChI=1S/C20H28N2O4S/c1-15-8-10-19(11-9-15)27(24,25)22-16-6-5-7-18(12-16)26-14-17(23)13-21-20(2,3)4/h5-12,17,21-23H,13-14H2,1-4H3. The Hall–Kier alpha value is -2.09. The normalized spacial score (nSPS) is 13.2. The number of nitrogens with one attached hydrogen (secondary N) is 2. The van der Waals surface area contributed by atoms with Crippen molar-refractivity contribution < 1.29 is 18.3 Å². The summed E-state index contributed by atoms with van der Waals surface area (Å²) < 4.78 is 33.1. The van der Waals surface area contributed by atoms with Crippen LogP contribution in [0.5, 0.6) is 5.75 Å². The van der Waals surface area contributed by atoms with Gasteiger partial charge in [0.2, 0.25) is 0 Å². The third kappa shape index (κ3) is 7.21. The van der Waals surface area contributed by atoms with E-state index in [1.54, 1.807) is 48.5 Å². The van der Waals surface area contributed by atoms with Gasteiger partial charge in [-0.3, -0.25) is 4.72 Å². The first-order valence-corrected chi connectivity index (χ1v) is 10.3. The zero-order valence-electron chi connectivity index (χ0n) is 16.2. The van der Waals surface area contributed by atoms with Crippen LogP contribution in [0.3, 0.4) is 0 Å². The maximum atomic E-state index is 12.5. The summed E-state index contributed by atoms with van der Waals surface area (Å²) in [5.74, 6) is 0.480. The Morgan fingerprint density at radius 2 is 1.78 bits per heavy atom. The molecule has 27 heavy (non-hydrogen) atoms. The molecule has 0 heterocycles. The first-order chi connectivity index (χ1) is 12.5. The van der Waals surface area contributed by atoms with Crippen LogP contribution >= 0.6 is 0 Å². The van der Waals surface area contributed by atoms with Crippen molar-refractivity contribution in [3.05, 3.63) is 54.1 Å². The maximum Gasteiger partial charge on any atom is 0.261 e. The highest BCUT2D eigenvalue weighted by Gasteiger charge is 2.15. The van der Waals surface area contributed by atoms with Gasteiger partial charge in [-0.05, 0) is 52.0 Å². The van der Waals surface area contributed by atoms with Crippen LogP contribution in [0, 0.1) is 6.92 Å². The minimum Gasteiger partial charge on any atom is -0.491 e. The molecule has 0 aliphatic carbocycles. The van der Waals surface area contributed by atoms with Crippen LogP contribution in [-0.4, -0.2) is 38.3 Å². The van der Waals surface area contributed by atoms with Crippen LogP contribution in [0.25, 0.3) is 0 Å². The maximum absolute atomic E-state index is 12.5. The number of anilines is 1. The summed E-state index contributed by atoms with van der Waals surface area (Å²) in [7, 11) is -3.67. The predicted octanol–water partition coefficient (Wildman–Crippen LogP) is 2.92. The fourth-order valence-corrected chi connectivity index (χ4v) is 3.31. The van der Waals surface area contributed by atoms with Gasteiger partial charge < -0.3 is 15.2 Å². The third-order valence-electron chi connectivity index (χ3n) is 3.73. The minimum atomic E-state index is -3.67. The van der Waals surface area contributed by atoms with E-state index >= 15 is 0 Å². The Balaban J connectivity index is 1.97. The number of sulfonamides is 1. The van der Waals surface area contributed by atoms with Gasteiger partial charge in [0.25, 0.3) is 10.0 Å². The molecule has 1 unspecified atom stereocenters. The summed E-state index contributed by atoms with van der Waals surface area (Å²) in [4.78, 5) is 0.197. The molecular formula is C20H28N2O4S. The van der Waals surface area contributed by atoms with Gasteiger partial charge in [-0.15, -0.1) is 0 Å². The number of rotatable bonds is 8. The molecule has 0 aliphatic heterocycles. The number of hydrogen-bond acceptors (Lipinski definition) is 5. The van der Waals surface area contributed by atoms with E-state index in [9.17, 15) is 13.5 Å². The Morgan fingerprint density at radius 1 is 1.11 bits per heavy atom. The van der Waals surface area contributed by atoms with Crippen LogP contribution in [0.2, 0.25) is 0 Å². The van der Waals surface area contributed by atoms with Crippen LogP contribution in [0.15, 0.2) is 53.4 Å². The Bertz CT molecular complexity index is 843. The van der Waals surface area contributed by atoms with E-state index in [0.29, 0.717) is 18.0 Å². The second-order valence-electron chi connectivity index (χ2n) is 7.54. The van der Waals surface area contributed by atoms with Crippen LogP contribution in [0.4, 0.5) is 5.69 Å². The zero-order valence-corrected chi connectivity index (χ0v) is 17.0. The summed E-state index contributed by atoms with van der Waals surface area (Å²) in [6.45, 7) is 8.47. The van der Waals surface area contributed by atoms with Crippen LogP contribution < -0.4 is 14.8 Å². The van der Waals surface area contributed by atoms with Gasteiger partial charge in [0.05, 0.1) is 10.6 Å². The molecular weight excluding hydrogens is 364 g/mol. The molecule has 0 bridgehead atoms. The van der Waals surface area contributed by atoms with E-state index in [4.69, 9.17) is 4.74 Å². The monoisotopic (exact) mass is 392 g/mol. The van der Waals surface area contributed by atoms with E-state index in [-0.39, 0.29) is 17.0 Å². The fourth-order valence-electron chi connectivity index (χ4n) is 2.26. The van der Waals surface area contributed by atoms with Gasteiger partial charge in [-0.25, -0.2) is 8.42 Å². The summed E-state index contributed by atoms with van der Waals surface area (Å²) in [6, 6.07) is 13.3. The van der Waals surface area contributed by atoms with E-state index < -0.39 is 16.1 Å². The Kier molecular flexibility index (Phi) is 6.86.